The maximum Gasteiger partial charge on any atom is 0.156 e. The van der Waals surface area contributed by atoms with Crippen molar-refractivity contribution < 1.29 is 13.5 Å². The molecule has 0 aromatic carbocycles. The van der Waals surface area contributed by atoms with Crippen LogP contribution < -0.4 is 0 Å². The highest BCUT2D eigenvalue weighted by molar-refractivity contribution is 4.74. The Morgan fingerprint density at radius 3 is 2.06 bits per heavy atom. The molecule has 2 nitrogen and oxygen atoms in total. The fourth-order valence-corrected chi connectivity index (χ4v) is 1.81. The number of hydrogen-bond acceptors (Lipinski definition) is 2. The van der Waals surface area contributed by atoms with Gasteiger partial charge in [-0.2, -0.15) is 0 Å². The molecule has 0 N–H and O–H groups in total. The van der Waals surface area contributed by atoms with Crippen molar-refractivity contribution in [3.63, 3.8) is 0 Å². The number of alkyl halides is 2. The zero-order valence-corrected chi connectivity index (χ0v) is 12.7. The van der Waals surface area contributed by atoms with Crippen molar-refractivity contribution in [1.82, 2.24) is 4.90 Å². The van der Waals surface area contributed by atoms with Gasteiger partial charge >= 0.3 is 0 Å². The smallest absolute Gasteiger partial charge is 0.156 e. The molecule has 0 rings (SSSR count). The largest absolute Gasteiger partial charge is 0.378 e. The van der Waals surface area contributed by atoms with Crippen LogP contribution in [0.5, 0.6) is 0 Å². The van der Waals surface area contributed by atoms with E-state index in [0.29, 0.717) is 12.5 Å². The van der Waals surface area contributed by atoms with Gasteiger partial charge in [-0.15, -0.1) is 0 Å². The Kier molecular flexibility index (Phi) is 7.95. The Balaban J connectivity index is 3.89. The van der Waals surface area contributed by atoms with Gasteiger partial charge in [-0.1, -0.05) is 34.6 Å². The Hall–Kier alpha value is -0.220. The van der Waals surface area contributed by atoms with Crippen LogP contribution in [0.3, 0.4) is 0 Å². The molecule has 0 aromatic rings. The van der Waals surface area contributed by atoms with E-state index in [4.69, 9.17) is 4.74 Å². The lowest BCUT2D eigenvalue weighted by molar-refractivity contribution is 0.0197. The standard InChI is InChI=1S/C14H29F2NO/c1-11(2)8-18-9-13(16)12(15)7-17(6)10-14(3,4)5/h11-13H,7-10H2,1-6H3. The molecule has 0 heterocycles. The van der Waals surface area contributed by atoms with Crippen molar-refractivity contribution in [3.05, 3.63) is 0 Å². The van der Waals surface area contributed by atoms with E-state index >= 15 is 0 Å². The van der Waals surface area contributed by atoms with Crippen molar-refractivity contribution in [2.45, 2.75) is 47.0 Å². The first-order chi connectivity index (χ1) is 8.11. The second-order valence-electron chi connectivity index (χ2n) is 6.72. The van der Waals surface area contributed by atoms with Crippen LogP contribution in [0, 0.1) is 11.3 Å². The number of ether oxygens (including phenoxy) is 1. The predicted molar refractivity (Wildman–Crippen MR) is 72.4 cm³/mol. The van der Waals surface area contributed by atoms with Crippen LogP contribution in [0.1, 0.15) is 34.6 Å². The molecule has 0 aromatic heterocycles. The molecule has 4 heteroatoms. The molecule has 0 aliphatic carbocycles. The lowest BCUT2D eigenvalue weighted by atomic mass is 9.96. The summed E-state index contributed by atoms with van der Waals surface area (Å²) in [6.07, 6.45) is -3.02. The second-order valence-corrected chi connectivity index (χ2v) is 6.72. The molecule has 0 radical (unpaired) electrons. The maximum absolute atomic E-state index is 13.6. The number of rotatable bonds is 8. The van der Waals surface area contributed by atoms with Gasteiger partial charge in [0.15, 0.2) is 6.17 Å². The first-order valence-corrected chi connectivity index (χ1v) is 6.66. The van der Waals surface area contributed by atoms with Crippen molar-refractivity contribution in [3.8, 4) is 0 Å². The van der Waals surface area contributed by atoms with E-state index in [-0.39, 0.29) is 18.6 Å². The van der Waals surface area contributed by atoms with Crippen molar-refractivity contribution in [2.75, 3.05) is 33.4 Å². The average molecular weight is 265 g/mol. The molecule has 0 aliphatic rings. The van der Waals surface area contributed by atoms with Crippen LogP contribution in [0.4, 0.5) is 8.78 Å². The summed E-state index contributed by atoms with van der Waals surface area (Å²) in [6, 6.07) is 0. The lowest BCUT2D eigenvalue weighted by Crippen LogP contribution is -2.38. The molecule has 2 atom stereocenters. The van der Waals surface area contributed by atoms with E-state index in [1.54, 1.807) is 0 Å². The first kappa shape index (κ1) is 17.8. The minimum atomic E-state index is -1.54. The summed E-state index contributed by atoms with van der Waals surface area (Å²) in [4.78, 5) is 1.83. The molecule has 0 saturated carbocycles. The van der Waals surface area contributed by atoms with Gasteiger partial charge in [0.05, 0.1) is 6.61 Å². The summed E-state index contributed by atoms with van der Waals surface area (Å²) in [5, 5.41) is 0. The van der Waals surface area contributed by atoms with Gasteiger partial charge in [-0.25, -0.2) is 8.78 Å². The minimum absolute atomic E-state index is 0.0917. The average Bonchev–Trinajstić information content (AvgIpc) is 2.13. The molecule has 0 amide bonds. The Morgan fingerprint density at radius 1 is 1.06 bits per heavy atom. The van der Waals surface area contributed by atoms with Crippen LogP contribution in [-0.4, -0.2) is 50.6 Å². The summed E-state index contributed by atoms with van der Waals surface area (Å²) in [5.74, 6) is 0.346. The molecule has 0 spiro atoms. The zero-order valence-electron chi connectivity index (χ0n) is 12.7. The number of nitrogens with zero attached hydrogens (tertiary/aromatic N) is 1. The van der Waals surface area contributed by atoms with Crippen LogP contribution in [0.15, 0.2) is 0 Å². The summed E-state index contributed by atoms with van der Waals surface area (Å²) in [5.41, 5.74) is 0.0917. The minimum Gasteiger partial charge on any atom is -0.378 e. The highest BCUT2D eigenvalue weighted by Gasteiger charge is 2.24. The van der Waals surface area contributed by atoms with Crippen LogP contribution in [0.25, 0.3) is 0 Å². The third-order valence-electron chi connectivity index (χ3n) is 2.35. The van der Waals surface area contributed by atoms with Crippen molar-refractivity contribution in [1.29, 1.82) is 0 Å². The van der Waals surface area contributed by atoms with E-state index in [1.165, 1.54) is 0 Å². The summed E-state index contributed by atoms with van der Waals surface area (Å²) >= 11 is 0. The fourth-order valence-electron chi connectivity index (χ4n) is 1.81. The Morgan fingerprint density at radius 2 is 1.61 bits per heavy atom. The molecule has 0 aliphatic heterocycles. The highest BCUT2D eigenvalue weighted by Crippen LogP contribution is 2.15. The van der Waals surface area contributed by atoms with Gasteiger partial charge in [-0.05, 0) is 18.4 Å². The highest BCUT2D eigenvalue weighted by atomic mass is 19.2. The van der Waals surface area contributed by atoms with Crippen LogP contribution in [0.2, 0.25) is 0 Å². The summed E-state index contributed by atoms with van der Waals surface area (Å²) in [6.45, 7) is 11.4. The second kappa shape index (κ2) is 8.05. The zero-order chi connectivity index (χ0) is 14.3. The quantitative estimate of drug-likeness (QED) is 0.667. The van der Waals surface area contributed by atoms with Gasteiger partial charge in [0.25, 0.3) is 0 Å². The molecular formula is C14H29F2NO. The molecule has 0 saturated heterocycles. The van der Waals surface area contributed by atoms with Gasteiger partial charge in [-0.3, -0.25) is 0 Å². The SMILES string of the molecule is CC(C)COCC(F)C(F)CN(C)CC(C)(C)C. The van der Waals surface area contributed by atoms with E-state index in [9.17, 15) is 8.78 Å². The topological polar surface area (TPSA) is 12.5 Å². The molecule has 0 fully saturated rings. The van der Waals surface area contributed by atoms with Gasteiger partial charge < -0.3 is 9.64 Å². The molecule has 18 heavy (non-hydrogen) atoms. The molecular weight excluding hydrogens is 236 g/mol. The summed E-state index contributed by atoms with van der Waals surface area (Å²) < 4.78 is 32.3. The lowest BCUT2D eigenvalue weighted by Gasteiger charge is -2.28. The van der Waals surface area contributed by atoms with Crippen LogP contribution >= 0.6 is 0 Å². The van der Waals surface area contributed by atoms with Gasteiger partial charge in [0.1, 0.15) is 6.17 Å². The Bertz CT molecular complexity index is 216. The summed E-state index contributed by atoms with van der Waals surface area (Å²) in [7, 11) is 1.82. The fraction of sp³-hybridized carbons (Fsp3) is 1.00. The first-order valence-electron chi connectivity index (χ1n) is 6.66. The number of hydrogen-bond donors (Lipinski definition) is 0. The maximum atomic E-state index is 13.6. The van der Waals surface area contributed by atoms with Gasteiger partial charge in [0, 0.05) is 19.7 Å². The normalized spacial score (nSPS) is 16.3. The third-order valence-corrected chi connectivity index (χ3v) is 2.35. The molecule has 2 unspecified atom stereocenters. The Labute approximate surface area is 111 Å². The van der Waals surface area contributed by atoms with E-state index in [1.807, 2.05) is 25.8 Å². The van der Waals surface area contributed by atoms with Gasteiger partial charge in [0.2, 0.25) is 0 Å². The third kappa shape index (κ3) is 9.77. The predicted octanol–water partition coefficient (Wildman–Crippen LogP) is 3.31. The van der Waals surface area contributed by atoms with Crippen molar-refractivity contribution >= 4 is 0 Å². The number of halogens is 2. The van der Waals surface area contributed by atoms with E-state index in [0.717, 1.165) is 6.54 Å². The van der Waals surface area contributed by atoms with E-state index < -0.39 is 12.3 Å². The monoisotopic (exact) mass is 265 g/mol. The van der Waals surface area contributed by atoms with Crippen molar-refractivity contribution in [2.24, 2.45) is 11.3 Å². The molecule has 110 valence electrons. The van der Waals surface area contributed by atoms with Crippen LogP contribution in [-0.2, 0) is 4.74 Å². The van der Waals surface area contributed by atoms with E-state index in [2.05, 4.69) is 20.8 Å². The molecule has 0 bridgehead atoms.